The van der Waals surface area contributed by atoms with Crippen LogP contribution >= 0.6 is 11.3 Å². The summed E-state index contributed by atoms with van der Waals surface area (Å²) in [5.41, 5.74) is 3.39. The lowest BCUT2D eigenvalue weighted by molar-refractivity contribution is -0.136. The molecule has 4 aromatic rings. The van der Waals surface area contributed by atoms with Gasteiger partial charge in [0, 0.05) is 5.56 Å². The second-order valence-corrected chi connectivity index (χ2v) is 8.63. The summed E-state index contributed by atoms with van der Waals surface area (Å²) < 4.78 is 52.7. The molecular weight excluding hydrogens is 425 g/mol. The van der Waals surface area contributed by atoms with Crippen LogP contribution in [0.2, 0.25) is 0 Å². The molecule has 2 aromatic carbocycles. The molecule has 1 aliphatic heterocycles. The summed E-state index contributed by atoms with van der Waals surface area (Å²) in [7, 11) is 0. The number of fused-ring (bicyclic) bond motifs is 3. The van der Waals surface area contributed by atoms with E-state index in [1.165, 1.54) is 16.9 Å². The van der Waals surface area contributed by atoms with Gasteiger partial charge in [-0.1, -0.05) is 53.7 Å². The number of hydrogen-bond donors (Lipinski definition) is 0. The highest BCUT2D eigenvalue weighted by atomic mass is 32.1. The van der Waals surface area contributed by atoms with E-state index in [1.54, 1.807) is 30.3 Å². The van der Waals surface area contributed by atoms with Crippen LogP contribution in [0.15, 0.2) is 53.1 Å². The number of nitrogens with zero attached hydrogens (tertiary/aromatic N) is 2. The van der Waals surface area contributed by atoms with Crippen molar-refractivity contribution >= 4 is 11.3 Å². The summed E-state index contributed by atoms with van der Waals surface area (Å²) in [6.07, 6.45) is -2.98. The molecule has 2 aromatic heterocycles. The standard InChI is InChI=1S/C23H15F3N2O2S/c24-23(25,26)18-19(12-4-2-1-3-5-12)28-30-20(18)22-27-16-9-7-13-10-14(17-11-29-17)6-8-15(13)21(16)31-22/h1-6,8,10,17H,7,9,11H2. The summed E-state index contributed by atoms with van der Waals surface area (Å²) >= 11 is 1.22. The van der Waals surface area contributed by atoms with Crippen molar-refractivity contribution in [3.63, 3.8) is 0 Å². The number of halogens is 3. The molecule has 8 heteroatoms. The predicted octanol–water partition coefficient (Wildman–Crippen LogP) is 6.32. The van der Waals surface area contributed by atoms with Gasteiger partial charge in [0.05, 0.1) is 17.2 Å². The van der Waals surface area contributed by atoms with Crippen LogP contribution in [-0.4, -0.2) is 16.7 Å². The van der Waals surface area contributed by atoms with Crippen molar-refractivity contribution in [2.24, 2.45) is 0 Å². The van der Waals surface area contributed by atoms with Gasteiger partial charge in [-0.25, -0.2) is 4.98 Å². The Hall–Kier alpha value is -2.97. The lowest BCUT2D eigenvalue weighted by Crippen LogP contribution is -2.07. The minimum atomic E-state index is -4.62. The predicted molar refractivity (Wildman–Crippen MR) is 110 cm³/mol. The largest absolute Gasteiger partial charge is 0.422 e. The van der Waals surface area contributed by atoms with Gasteiger partial charge in [0.2, 0.25) is 5.76 Å². The van der Waals surface area contributed by atoms with Crippen LogP contribution in [0.3, 0.4) is 0 Å². The molecule has 4 nitrogen and oxygen atoms in total. The molecule has 1 aliphatic carbocycles. The van der Waals surface area contributed by atoms with E-state index in [-0.39, 0.29) is 22.6 Å². The molecule has 1 fully saturated rings. The fourth-order valence-corrected chi connectivity index (χ4v) is 5.21. The van der Waals surface area contributed by atoms with Crippen molar-refractivity contribution in [2.45, 2.75) is 25.1 Å². The number of rotatable bonds is 3. The topological polar surface area (TPSA) is 51.5 Å². The molecule has 1 unspecified atom stereocenters. The fourth-order valence-electron chi connectivity index (χ4n) is 4.06. The first-order valence-corrected chi connectivity index (χ1v) is 10.7. The molecule has 31 heavy (non-hydrogen) atoms. The zero-order valence-electron chi connectivity index (χ0n) is 16.1. The second-order valence-electron chi connectivity index (χ2n) is 7.63. The molecule has 0 amide bonds. The number of ether oxygens (including phenoxy) is 1. The molecule has 0 saturated carbocycles. The van der Waals surface area contributed by atoms with E-state index < -0.39 is 11.7 Å². The van der Waals surface area contributed by atoms with Gasteiger partial charge in [0.25, 0.3) is 0 Å². The molecular formula is C23H15F3N2O2S. The first-order valence-electron chi connectivity index (χ1n) is 9.86. The van der Waals surface area contributed by atoms with E-state index >= 15 is 0 Å². The highest BCUT2D eigenvalue weighted by Crippen LogP contribution is 2.47. The minimum Gasteiger partial charge on any atom is -0.368 e. The maximum absolute atomic E-state index is 14.0. The summed E-state index contributed by atoms with van der Waals surface area (Å²) in [5, 5.41) is 3.98. The number of aromatic nitrogens is 2. The SMILES string of the molecule is FC(F)(F)c1c(-c2ccccc2)noc1-c1nc2c(s1)-c1ccc(C3CO3)cc1CC2. The van der Waals surface area contributed by atoms with Crippen molar-refractivity contribution in [1.82, 2.24) is 10.1 Å². The Labute approximate surface area is 179 Å². The number of alkyl halides is 3. The van der Waals surface area contributed by atoms with Gasteiger partial charge in [-0.2, -0.15) is 13.2 Å². The van der Waals surface area contributed by atoms with E-state index in [2.05, 4.69) is 16.2 Å². The Morgan fingerprint density at radius 1 is 1.03 bits per heavy atom. The quantitative estimate of drug-likeness (QED) is 0.350. The number of thiazole rings is 1. The van der Waals surface area contributed by atoms with E-state index in [1.807, 2.05) is 12.1 Å². The molecule has 0 spiro atoms. The molecule has 0 bridgehead atoms. The van der Waals surface area contributed by atoms with Gasteiger partial charge in [0.1, 0.15) is 17.4 Å². The van der Waals surface area contributed by atoms with E-state index in [0.717, 1.165) is 34.7 Å². The smallest absolute Gasteiger partial charge is 0.368 e. The number of benzene rings is 2. The van der Waals surface area contributed by atoms with Crippen molar-refractivity contribution in [3.05, 3.63) is 70.9 Å². The van der Waals surface area contributed by atoms with Crippen LogP contribution in [0.25, 0.3) is 32.5 Å². The lowest BCUT2D eigenvalue weighted by Gasteiger charge is -2.15. The third-order valence-corrected chi connectivity index (χ3v) is 6.75. The van der Waals surface area contributed by atoms with Crippen LogP contribution in [0.4, 0.5) is 13.2 Å². The summed E-state index contributed by atoms with van der Waals surface area (Å²) in [6, 6.07) is 14.4. The lowest BCUT2D eigenvalue weighted by atomic mass is 9.92. The molecule has 6 rings (SSSR count). The maximum Gasteiger partial charge on any atom is 0.422 e. The van der Waals surface area contributed by atoms with Gasteiger partial charge in [-0.15, -0.1) is 11.3 Å². The number of epoxide rings is 1. The van der Waals surface area contributed by atoms with E-state index in [0.29, 0.717) is 12.0 Å². The zero-order valence-corrected chi connectivity index (χ0v) is 16.9. The Kier molecular flexibility index (Phi) is 4.10. The van der Waals surface area contributed by atoms with Crippen LogP contribution in [0.1, 0.15) is 28.5 Å². The second kappa shape index (κ2) is 6.77. The molecule has 0 N–H and O–H groups in total. The highest BCUT2D eigenvalue weighted by molar-refractivity contribution is 7.18. The molecule has 3 heterocycles. The number of aryl methyl sites for hydroxylation is 2. The van der Waals surface area contributed by atoms with Gasteiger partial charge in [-0.3, -0.25) is 0 Å². The highest BCUT2D eigenvalue weighted by Gasteiger charge is 2.42. The Bertz CT molecular complexity index is 1290. The van der Waals surface area contributed by atoms with Crippen LogP contribution < -0.4 is 0 Å². The van der Waals surface area contributed by atoms with Crippen molar-refractivity contribution in [1.29, 1.82) is 0 Å². The third kappa shape index (κ3) is 3.18. The van der Waals surface area contributed by atoms with E-state index in [4.69, 9.17) is 9.26 Å². The Morgan fingerprint density at radius 2 is 1.84 bits per heavy atom. The first kappa shape index (κ1) is 18.8. The fraction of sp³-hybridized carbons (Fsp3) is 0.217. The van der Waals surface area contributed by atoms with Gasteiger partial charge in [0.15, 0.2) is 5.01 Å². The normalized spacial score (nSPS) is 17.3. The summed E-state index contributed by atoms with van der Waals surface area (Å²) in [4.78, 5) is 5.42. The average Bonchev–Trinajstić information content (AvgIpc) is 3.35. The first-order chi connectivity index (χ1) is 15.0. The average molecular weight is 440 g/mol. The van der Waals surface area contributed by atoms with Gasteiger partial charge in [-0.05, 0) is 29.5 Å². The Morgan fingerprint density at radius 3 is 2.58 bits per heavy atom. The minimum absolute atomic E-state index is 0.170. The van der Waals surface area contributed by atoms with Crippen LogP contribution in [0, 0.1) is 0 Å². The van der Waals surface area contributed by atoms with Gasteiger partial charge >= 0.3 is 6.18 Å². The monoisotopic (exact) mass is 440 g/mol. The van der Waals surface area contributed by atoms with Crippen molar-refractivity contribution in [2.75, 3.05) is 6.61 Å². The third-order valence-electron chi connectivity index (χ3n) is 5.62. The zero-order chi connectivity index (χ0) is 21.2. The van der Waals surface area contributed by atoms with E-state index in [9.17, 15) is 13.2 Å². The molecule has 1 saturated heterocycles. The van der Waals surface area contributed by atoms with Crippen molar-refractivity contribution in [3.8, 4) is 32.5 Å². The van der Waals surface area contributed by atoms with Gasteiger partial charge < -0.3 is 9.26 Å². The summed E-state index contributed by atoms with van der Waals surface area (Å²) in [5.74, 6) is -0.324. The van der Waals surface area contributed by atoms with Crippen LogP contribution in [0.5, 0.6) is 0 Å². The molecule has 0 radical (unpaired) electrons. The van der Waals surface area contributed by atoms with Crippen molar-refractivity contribution < 1.29 is 22.4 Å². The molecule has 2 aliphatic rings. The Balaban J connectivity index is 1.46. The maximum atomic E-state index is 14.0. The molecule has 1 atom stereocenters. The molecule has 156 valence electrons. The van der Waals surface area contributed by atoms with Crippen LogP contribution in [-0.2, 0) is 23.8 Å². The summed E-state index contributed by atoms with van der Waals surface area (Å²) in [6.45, 7) is 0.740. The number of hydrogen-bond acceptors (Lipinski definition) is 5.